The van der Waals surface area contributed by atoms with Crippen LogP contribution < -0.4 is 4.74 Å². The van der Waals surface area contributed by atoms with Crippen LogP contribution in [0.5, 0.6) is 5.88 Å². The second-order valence-corrected chi connectivity index (χ2v) is 10.9. The van der Waals surface area contributed by atoms with E-state index in [-0.39, 0.29) is 17.9 Å². The number of aromatic nitrogens is 5. The maximum atomic E-state index is 12.7. The number of nitrogens with zero attached hydrogens (tertiary/aromatic N) is 6. The Morgan fingerprint density at radius 1 is 1.21 bits per heavy atom. The molecule has 4 aromatic rings. The Hall–Kier alpha value is -3.56. The van der Waals surface area contributed by atoms with Crippen molar-refractivity contribution in [2.45, 2.75) is 57.8 Å². The fourth-order valence-corrected chi connectivity index (χ4v) is 5.10. The predicted octanol–water partition coefficient (Wildman–Crippen LogP) is 3.97. The van der Waals surface area contributed by atoms with Crippen LogP contribution in [0.1, 0.15) is 43.0 Å². The second kappa shape index (κ2) is 9.63. The molecule has 1 aliphatic heterocycles. The van der Waals surface area contributed by atoms with E-state index in [2.05, 4.69) is 21.9 Å². The number of β-amino-alcohol motifs (C(OH)–C–C–N with tert-alkyl or cyclic N) is 1. The van der Waals surface area contributed by atoms with Crippen LogP contribution >= 0.6 is 11.6 Å². The molecule has 0 spiro atoms. The lowest BCUT2D eigenvalue weighted by atomic mass is 10.1. The van der Waals surface area contributed by atoms with E-state index in [4.69, 9.17) is 21.3 Å². The summed E-state index contributed by atoms with van der Waals surface area (Å²) < 4.78 is 8.20. The zero-order valence-corrected chi connectivity index (χ0v) is 22.1. The number of carbonyl (C=O) groups excluding carboxylic acids is 1. The molecule has 38 heavy (non-hydrogen) atoms. The number of hydrogen-bond donors (Lipinski definition) is 1. The number of ether oxygens (including phenoxy) is 1. The Bertz CT molecular complexity index is 1530. The normalized spacial score (nSPS) is 18.2. The zero-order chi connectivity index (χ0) is 26.4. The number of carbonyl (C=O) groups is 1. The summed E-state index contributed by atoms with van der Waals surface area (Å²) in [7, 11) is 0. The number of benzene rings is 1. The van der Waals surface area contributed by atoms with Crippen LogP contribution in [0.2, 0.25) is 5.02 Å². The van der Waals surface area contributed by atoms with Gasteiger partial charge in [-0.15, -0.1) is 0 Å². The van der Waals surface area contributed by atoms with Gasteiger partial charge in [0.2, 0.25) is 11.8 Å². The summed E-state index contributed by atoms with van der Waals surface area (Å²) in [6, 6.07) is 9.59. The number of pyridine rings is 1. The molecule has 0 bridgehead atoms. The first kappa shape index (κ1) is 24.8. The first-order chi connectivity index (χ1) is 18.3. The SMILES string of the molecule is Cc1ccnc(Cn2c(-c3ccc(CC(=O)N4CC[C@@H](O)C4)cc3Cl)nc3c(OC4(C)CC4)ncnc32)c1. The van der Waals surface area contributed by atoms with Gasteiger partial charge >= 0.3 is 0 Å². The van der Waals surface area contributed by atoms with Gasteiger partial charge < -0.3 is 19.3 Å². The summed E-state index contributed by atoms with van der Waals surface area (Å²) >= 11 is 6.81. The van der Waals surface area contributed by atoms with Crippen molar-refractivity contribution < 1.29 is 14.6 Å². The molecular formula is C28H29ClN6O3. The molecule has 1 saturated heterocycles. The molecule has 1 atom stereocenters. The van der Waals surface area contributed by atoms with Gasteiger partial charge in [-0.2, -0.15) is 4.98 Å². The van der Waals surface area contributed by atoms with E-state index >= 15 is 0 Å². The van der Waals surface area contributed by atoms with Crippen molar-refractivity contribution in [1.29, 1.82) is 0 Å². The van der Waals surface area contributed by atoms with Crippen LogP contribution in [0.3, 0.4) is 0 Å². The summed E-state index contributed by atoms with van der Waals surface area (Å²) in [5.74, 6) is 1.06. The van der Waals surface area contributed by atoms with Crippen LogP contribution in [0.15, 0.2) is 42.9 Å². The number of hydrogen-bond acceptors (Lipinski definition) is 7. The van der Waals surface area contributed by atoms with Crippen molar-refractivity contribution in [3.63, 3.8) is 0 Å². The first-order valence-corrected chi connectivity index (χ1v) is 13.2. The number of aliphatic hydroxyl groups is 1. The number of aliphatic hydroxyl groups excluding tert-OH is 1. The molecule has 196 valence electrons. The Morgan fingerprint density at radius 3 is 2.76 bits per heavy atom. The third-order valence-electron chi connectivity index (χ3n) is 7.23. The lowest BCUT2D eigenvalue weighted by molar-refractivity contribution is -0.129. The molecule has 1 amide bonds. The monoisotopic (exact) mass is 532 g/mol. The highest BCUT2D eigenvalue weighted by molar-refractivity contribution is 6.33. The van der Waals surface area contributed by atoms with Crippen LogP contribution in [-0.4, -0.2) is 65.2 Å². The highest BCUT2D eigenvalue weighted by Gasteiger charge is 2.41. The molecule has 1 saturated carbocycles. The minimum absolute atomic E-state index is 0.0197. The molecular weight excluding hydrogens is 504 g/mol. The number of imidazole rings is 1. The fourth-order valence-electron chi connectivity index (χ4n) is 4.81. The van der Waals surface area contributed by atoms with Gasteiger partial charge in [-0.25, -0.2) is 9.97 Å². The van der Waals surface area contributed by atoms with Gasteiger partial charge in [-0.05, 0) is 68.5 Å². The molecule has 1 aliphatic carbocycles. The molecule has 1 aromatic carbocycles. The van der Waals surface area contributed by atoms with Crippen LogP contribution in [0.25, 0.3) is 22.6 Å². The Labute approximate surface area is 225 Å². The van der Waals surface area contributed by atoms with Gasteiger partial charge in [0, 0.05) is 24.8 Å². The minimum atomic E-state index is -0.444. The van der Waals surface area contributed by atoms with E-state index in [9.17, 15) is 9.90 Å². The fraction of sp³-hybridized carbons (Fsp3) is 0.393. The summed E-state index contributed by atoms with van der Waals surface area (Å²) in [5, 5.41) is 10.2. The average molecular weight is 533 g/mol. The predicted molar refractivity (Wildman–Crippen MR) is 143 cm³/mol. The van der Waals surface area contributed by atoms with Crippen molar-refractivity contribution in [3.05, 3.63) is 64.7 Å². The molecule has 0 unspecified atom stereocenters. The van der Waals surface area contributed by atoms with E-state index in [1.165, 1.54) is 6.33 Å². The van der Waals surface area contributed by atoms with Gasteiger partial charge in [0.1, 0.15) is 17.8 Å². The third kappa shape index (κ3) is 4.96. The topological polar surface area (TPSA) is 106 Å². The number of halogens is 1. The van der Waals surface area contributed by atoms with Gasteiger partial charge in [-0.1, -0.05) is 17.7 Å². The summed E-state index contributed by atoms with van der Waals surface area (Å²) in [6.07, 6.45) is 5.63. The molecule has 9 nitrogen and oxygen atoms in total. The lowest BCUT2D eigenvalue weighted by Gasteiger charge is -2.16. The Morgan fingerprint density at radius 2 is 2.05 bits per heavy atom. The van der Waals surface area contributed by atoms with Gasteiger partial charge in [0.05, 0.1) is 29.8 Å². The number of likely N-dealkylation sites (tertiary alicyclic amines) is 1. The summed E-state index contributed by atoms with van der Waals surface area (Å²) in [4.78, 5) is 32.8. The van der Waals surface area contributed by atoms with E-state index in [1.807, 2.05) is 41.8 Å². The highest BCUT2D eigenvalue weighted by atomic mass is 35.5. The number of amides is 1. The molecule has 6 rings (SSSR count). The van der Waals surface area contributed by atoms with Gasteiger partial charge in [0.25, 0.3) is 0 Å². The molecule has 2 aliphatic rings. The van der Waals surface area contributed by atoms with Crippen molar-refractivity contribution >= 4 is 28.7 Å². The lowest BCUT2D eigenvalue weighted by Crippen LogP contribution is -2.30. The number of aryl methyl sites for hydroxylation is 1. The Kier molecular flexibility index (Phi) is 6.28. The van der Waals surface area contributed by atoms with Gasteiger partial charge in [-0.3, -0.25) is 9.78 Å². The molecule has 3 aromatic heterocycles. The quantitative estimate of drug-likeness (QED) is 0.384. The van der Waals surface area contributed by atoms with E-state index < -0.39 is 6.10 Å². The maximum absolute atomic E-state index is 12.7. The van der Waals surface area contributed by atoms with Crippen molar-refractivity contribution in [1.82, 2.24) is 29.4 Å². The first-order valence-electron chi connectivity index (χ1n) is 12.8. The van der Waals surface area contributed by atoms with Crippen LogP contribution in [0.4, 0.5) is 0 Å². The van der Waals surface area contributed by atoms with Crippen molar-refractivity contribution in [3.8, 4) is 17.3 Å². The third-order valence-corrected chi connectivity index (χ3v) is 7.55. The van der Waals surface area contributed by atoms with E-state index in [1.54, 1.807) is 11.1 Å². The summed E-state index contributed by atoms with van der Waals surface area (Å²) in [5.41, 5.74) is 4.49. The van der Waals surface area contributed by atoms with Crippen LogP contribution in [0, 0.1) is 6.92 Å². The average Bonchev–Trinajstić information content (AvgIpc) is 3.27. The zero-order valence-electron chi connectivity index (χ0n) is 21.4. The number of fused-ring (bicyclic) bond motifs is 1. The van der Waals surface area contributed by atoms with Crippen molar-refractivity contribution in [2.75, 3.05) is 13.1 Å². The molecule has 0 radical (unpaired) electrons. The highest BCUT2D eigenvalue weighted by Crippen LogP contribution is 2.41. The minimum Gasteiger partial charge on any atom is -0.470 e. The van der Waals surface area contributed by atoms with E-state index in [0.29, 0.717) is 59.5 Å². The standard InChI is InChI=1S/C28H29ClN6O3/c1-17-5-9-30-19(11-17)14-35-25(33-24-26(35)31-16-32-27(24)38-28(2)7-8-28)21-4-3-18(12-22(21)29)13-23(37)34-10-6-20(36)15-34/h3-5,9,11-12,16,20,36H,6-8,10,13-15H2,1-2H3/t20-/m1/s1. The maximum Gasteiger partial charge on any atom is 0.245 e. The second-order valence-electron chi connectivity index (χ2n) is 10.5. The van der Waals surface area contributed by atoms with Gasteiger partial charge in [0.15, 0.2) is 11.2 Å². The van der Waals surface area contributed by atoms with Crippen LogP contribution in [-0.2, 0) is 17.8 Å². The molecule has 2 fully saturated rings. The Balaban J connectivity index is 1.38. The van der Waals surface area contributed by atoms with Crippen molar-refractivity contribution in [2.24, 2.45) is 0 Å². The molecule has 10 heteroatoms. The molecule has 1 N–H and O–H groups in total. The molecule has 4 heterocycles. The smallest absolute Gasteiger partial charge is 0.245 e. The summed E-state index contributed by atoms with van der Waals surface area (Å²) in [6.45, 7) is 5.49. The largest absolute Gasteiger partial charge is 0.470 e. The number of rotatable bonds is 7. The van der Waals surface area contributed by atoms with E-state index in [0.717, 1.165) is 29.7 Å².